The van der Waals surface area contributed by atoms with E-state index in [2.05, 4.69) is 416 Å². The first-order valence-electron chi connectivity index (χ1n) is 48.9. The van der Waals surface area contributed by atoms with Gasteiger partial charge in [-0.25, -0.2) is 29.9 Å². The molecule has 12 heterocycles. The van der Waals surface area contributed by atoms with E-state index in [0.717, 1.165) is 122 Å². The number of para-hydroxylation sites is 3. The summed E-state index contributed by atoms with van der Waals surface area (Å²) in [6.07, 6.45) is 5.50. The molecule has 0 N–H and O–H groups in total. The quantitative estimate of drug-likeness (QED) is 0.146. The lowest BCUT2D eigenvalue weighted by Crippen LogP contribution is -2.15. The van der Waals surface area contributed by atoms with Gasteiger partial charge in [-0.15, -0.1) is 34.0 Å². The van der Waals surface area contributed by atoms with Crippen LogP contribution < -0.4 is 0 Å². The predicted molar refractivity (Wildman–Crippen MR) is 608 cm³/mol. The van der Waals surface area contributed by atoms with E-state index in [1.165, 1.54) is 158 Å². The number of fused-ring (bicyclic) bond motifs is 37. The summed E-state index contributed by atoms with van der Waals surface area (Å²) in [7, 11) is 0. The van der Waals surface area contributed by atoms with E-state index in [1.54, 1.807) is 0 Å². The summed E-state index contributed by atoms with van der Waals surface area (Å²) < 4.78 is 14.7. The molecule has 0 amide bonds. The van der Waals surface area contributed by atoms with Crippen molar-refractivity contribution in [3.05, 3.63) is 448 Å². The monoisotopic (exact) mass is 1900 g/mol. The van der Waals surface area contributed by atoms with Gasteiger partial charge in [-0.3, -0.25) is 28.7 Å². The standard InChI is InChI=1S/C47H28N4S.C44H28N4S.C39H22N4S/c1-3-14-29(15-4-1)31-26-32(30-16-5-2-6-17-30)28-33(27-31)43-44-38(22-13-25-48-44)49-47(50-43)51-39-23-11-9-20-36(39)41-42-37-21-10-12-24-40(37)52-46(42)35-19-8-7-18-34(35)45(41)51;1-44(2)32-17-8-5-12-26(32)27-22-21-25(24-33(27)44)39-40-34(18-11-23-45-40)46-43(47-39)48-35-19-9-6-15-30(35)37-38-31-16-7-10-20-36(31)49-42(38)29-14-4-3-13-28(29)41(37)48;1-2-11-24-22-25(20-19-23(24)10-1)35-36-30(16-9-21-40-36)41-39(42-35)43-31-17-7-5-14-28(31)33-34-29-15-6-8-18-32(29)44-38(34)27-13-4-3-12-26(27)37(33)43/h1-28H;3-24H,1-2H3;1-22H. The molecule has 31 aromatic rings. The third-order valence-corrected chi connectivity index (χ3v) is 33.3. The average Bonchev–Trinajstić information content (AvgIpc) is 1.54. The first-order chi connectivity index (χ1) is 71.7. The zero-order valence-corrected chi connectivity index (χ0v) is 80.6. The van der Waals surface area contributed by atoms with Crippen LogP contribution in [-0.2, 0) is 5.41 Å². The Labute approximate surface area is 840 Å². The Morgan fingerprint density at radius 1 is 0.214 bits per heavy atom. The van der Waals surface area contributed by atoms with E-state index in [9.17, 15) is 0 Å². The smallest absolute Gasteiger partial charge is 0.235 e. The Morgan fingerprint density at radius 2 is 0.538 bits per heavy atom. The Balaban J connectivity index is 0.000000101. The Hall–Kier alpha value is -18.3. The lowest BCUT2D eigenvalue weighted by molar-refractivity contribution is 0.660. The third-order valence-electron chi connectivity index (χ3n) is 29.7. The Kier molecular flexibility index (Phi) is 18.5. The van der Waals surface area contributed by atoms with Gasteiger partial charge in [-0.05, 0) is 158 Å². The molecule has 0 saturated heterocycles. The van der Waals surface area contributed by atoms with Crippen LogP contribution in [0.3, 0.4) is 0 Å². The Bertz CT molecular complexity index is 10900. The number of thiophene rings is 3. The first-order valence-corrected chi connectivity index (χ1v) is 51.3. The second-order valence-corrected chi connectivity index (χ2v) is 41.2. The second-order valence-electron chi connectivity index (χ2n) is 38.0. The number of rotatable bonds is 8. The van der Waals surface area contributed by atoms with Gasteiger partial charge in [0.15, 0.2) is 0 Å². The van der Waals surface area contributed by atoms with Gasteiger partial charge in [-0.1, -0.05) is 329 Å². The van der Waals surface area contributed by atoms with Crippen LogP contribution in [0.1, 0.15) is 25.0 Å². The molecule has 0 saturated carbocycles. The van der Waals surface area contributed by atoms with Crippen LogP contribution in [0, 0.1) is 0 Å². The van der Waals surface area contributed by atoms with Crippen molar-refractivity contribution in [2.75, 3.05) is 0 Å². The summed E-state index contributed by atoms with van der Waals surface area (Å²) in [6, 6.07) is 149. The van der Waals surface area contributed by atoms with E-state index in [1.807, 2.05) is 82.9 Å². The topological polar surface area (TPSA) is 131 Å². The van der Waals surface area contributed by atoms with E-state index in [-0.39, 0.29) is 5.41 Å². The molecule has 19 aromatic carbocycles. The highest BCUT2D eigenvalue weighted by atomic mass is 32.1. The average molecular weight is 1900 g/mol. The maximum Gasteiger partial charge on any atom is 0.235 e. The minimum Gasteiger partial charge on any atom is -0.277 e. The minimum atomic E-state index is -0.124. The lowest BCUT2D eigenvalue weighted by Gasteiger charge is -2.22. The lowest BCUT2D eigenvalue weighted by atomic mass is 9.82. The van der Waals surface area contributed by atoms with Gasteiger partial charge in [0.05, 0.1) is 49.7 Å². The fraction of sp³-hybridized carbons (Fsp3) is 0.0231. The van der Waals surface area contributed by atoms with Crippen LogP contribution in [-0.4, -0.2) is 58.6 Å². The molecule has 0 spiro atoms. The fourth-order valence-electron chi connectivity index (χ4n) is 23.3. The third kappa shape index (κ3) is 12.7. The van der Waals surface area contributed by atoms with E-state index >= 15 is 0 Å². The molecule has 1 aliphatic rings. The van der Waals surface area contributed by atoms with Crippen molar-refractivity contribution < 1.29 is 0 Å². The Morgan fingerprint density at radius 3 is 0.966 bits per heavy atom. The molecule has 32 rings (SSSR count). The van der Waals surface area contributed by atoms with Crippen molar-refractivity contribution in [3.8, 4) is 85.0 Å². The molecule has 1 aliphatic carbocycles. The molecule has 676 valence electrons. The molecule has 12 aromatic heterocycles. The van der Waals surface area contributed by atoms with Gasteiger partial charge in [0.2, 0.25) is 17.8 Å². The first kappa shape index (κ1) is 82.6. The molecule has 0 fully saturated rings. The summed E-state index contributed by atoms with van der Waals surface area (Å²) >= 11 is 5.62. The molecule has 0 unspecified atom stereocenters. The SMILES string of the molecule is CC1(C)c2ccccc2-c2ccc(-c3nc(-n4c5ccccc5c5c6c7ccccc7sc6c6ccccc6c54)nc4cccnc34)cc21.c1ccc(-c2cc(-c3ccccc3)cc(-c3nc(-n4c5ccccc5c5c6c7ccccc7sc6c6ccccc6c54)nc4cccnc34)c2)cc1.c1ccc2cc(-c3nc(-n4c5ccccc5c5c6c7ccccc7sc6c6ccccc6c54)nc4cccnc34)ccc2c1. The fourth-order valence-corrected chi connectivity index (χ4v) is 27.0. The van der Waals surface area contributed by atoms with Gasteiger partial charge in [0.1, 0.15) is 33.6 Å². The van der Waals surface area contributed by atoms with Crippen molar-refractivity contribution in [1.82, 2.24) is 58.6 Å². The molecular weight excluding hydrogens is 1830 g/mol. The molecule has 0 aliphatic heterocycles. The molecule has 0 radical (unpaired) electrons. The van der Waals surface area contributed by atoms with Crippen LogP contribution in [0.15, 0.2) is 437 Å². The highest BCUT2D eigenvalue weighted by Crippen LogP contribution is 2.55. The maximum absolute atomic E-state index is 5.51. The van der Waals surface area contributed by atoms with E-state index < -0.39 is 0 Å². The van der Waals surface area contributed by atoms with Gasteiger partial charge >= 0.3 is 0 Å². The van der Waals surface area contributed by atoms with Crippen molar-refractivity contribution in [2.45, 2.75) is 19.3 Å². The summed E-state index contributed by atoms with van der Waals surface area (Å²) in [5.74, 6) is 1.91. The number of benzene rings is 19. The molecule has 145 heavy (non-hydrogen) atoms. The molecule has 0 atom stereocenters. The normalized spacial score (nSPS) is 12.5. The molecule has 15 heteroatoms. The van der Waals surface area contributed by atoms with Crippen molar-refractivity contribution in [2.24, 2.45) is 0 Å². The van der Waals surface area contributed by atoms with Crippen molar-refractivity contribution in [3.63, 3.8) is 0 Å². The highest BCUT2D eigenvalue weighted by Gasteiger charge is 2.37. The summed E-state index contributed by atoms with van der Waals surface area (Å²) in [4.78, 5) is 46.6. The molecule has 0 bridgehead atoms. The van der Waals surface area contributed by atoms with Crippen molar-refractivity contribution >= 4 is 236 Å². The number of pyridine rings is 3. The van der Waals surface area contributed by atoms with Gasteiger partial charge in [0, 0.05) is 166 Å². The highest BCUT2D eigenvalue weighted by molar-refractivity contribution is 7.28. The van der Waals surface area contributed by atoms with Crippen LogP contribution in [0.5, 0.6) is 0 Å². The largest absolute Gasteiger partial charge is 0.277 e. The van der Waals surface area contributed by atoms with E-state index in [0.29, 0.717) is 17.8 Å². The zero-order chi connectivity index (χ0) is 95.4. The van der Waals surface area contributed by atoms with Crippen LogP contribution in [0.4, 0.5) is 0 Å². The number of hydrogen-bond donors (Lipinski definition) is 0. The van der Waals surface area contributed by atoms with Crippen LogP contribution in [0.25, 0.3) is 287 Å². The molecule has 12 nitrogen and oxygen atoms in total. The summed E-state index contributed by atoms with van der Waals surface area (Å²) in [5, 5.41) is 24.7. The van der Waals surface area contributed by atoms with Crippen LogP contribution >= 0.6 is 34.0 Å². The van der Waals surface area contributed by atoms with Crippen molar-refractivity contribution in [1.29, 1.82) is 0 Å². The maximum atomic E-state index is 5.51. The zero-order valence-electron chi connectivity index (χ0n) is 78.2. The minimum absolute atomic E-state index is 0.124. The second kappa shape index (κ2) is 32.4. The number of nitrogens with zero attached hydrogens (tertiary/aromatic N) is 12. The predicted octanol–water partition coefficient (Wildman–Crippen LogP) is 34.7. The van der Waals surface area contributed by atoms with Crippen LogP contribution in [0.2, 0.25) is 0 Å². The number of hydrogen-bond acceptors (Lipinski definition) is 12. The van der Waals surface area contributed by atoms with Gasteiger partial charge in [-0.2, -0.15) is 0 Å². The summed E-state index contributed by atoms with van der Waals surface area (Å²) in [6.45, 7) is 4.64. The summed E-state index contributed by atoms with van der Waals surface area (Å²) in [5.41, 5.74) is 26.6. The van der Waals surface area contributed by atoms with Gasteiger partial charge < -0.3 is 0 Å². The van der Waals surface area contributed by atoms with E-state index in [4.69, 9.17) is 44.9 Å². The molecular formula is C130H78N12S3. The number of aromatic nitrogens is 12. The van der Waals surface area contributed by atoms with Gasteiger partial charge in [0.25, 0.3) is 0 Å².